The van der Waals surface area contributed by atoms with Gasteiger partial charge in [-0.1, -0.05) is 11.2 Å². The van der Waals surface area contributed by atoms with Crippen LogP contribution in [0.3, 0.4) is 0 Å². The van der Waals surface area contributed by atoms with E-state index < -0.39 is 0 Å². The number of nitrogens with zero attached hydrogens (tertiary/aromatic N) is 3. The molecule has 0 unspecified atom stereocenters. The normalized spacial score (nSPS) is 15.1. The maximum atomic E-state index is 12.3. The van der Waals surface area contributed by atoms with E-state index in [-0.39, 0.29) is 11.7 Å². The van der Waals surface area contributed by atoms with E-state index in [1.165, 1.54) is 0 Å². The monoisotopic (exact) mass is 276 g/mol. The Hall–Kier alpha value is -2.11. The highest BCUT2D eigenvalue weighted by Crippen LogP contribution is 2.33. The van der Waals surface area contributed by atoms with Crippen LogP contribution in [-0.2, 0) is 11.3 Å². The summed E-state index contributed by atoms with van der Waals surface area (Å²) in [5.74, 6) is 0.810. The molecular formula is C14H20N4O2. The average molecular weight is 276 g/mol. The van der Waals surface area contributed by atoms with Crippen molar-refractivity contribution in [3.05, 3.63) is 30.1 Å². The summed E-state index contributed by atoms with van der Waals surface area (Å²) in [6.07, 6.45) is 6.71. The first-order valence-corrected chi connectivity index (χ1v) is 6.82. The Morgan fingerprint density at radius 2 is 2.35 bits per heavy atom. The zero-order valence-electron chi connectivity index (χ0n) is 11.4. The Kier molecular flexibility index (Phi) is 4.92. The molecule has 3 N–H and O–H groups in total. The third-order valence-electron chi connectivity index (χ3n) is 3.38. The van der Waals surface area contributed by atoms with E-state index in [9.17, 15) is 4.79 Å². The number of hydrogen-bond acceptors (Lipinski definition) is 4. The van der Waals surface area contributed by atoms with Crippen LogP contribution < -0.4 is 5.73 Å². The maximum Gasteiger partial charge on any atom is 0.223 e. The number of amidine groups is 1. The summed E-state index contributed by atoms with van der Waals surface area (Å²) in [5, 5.41) is 11.5. The minimum atomic E-state index is 0.127. The van der Waals surface area contributed by atoms with Crippen molar-refractivity contribution in [2.24, 2.45) is 16.8 Å². The highest BCUT2D eigenvalue weighted by molar-refractivity contribution is 5.81. The summed E-state index contributed by atoms with van der Waals surface area (Å²) in [4.78, 5) is 18.1. The number of rotatable bonds is 7. The number of oxime groups is 1. The van der Waals surface area contributed by atoms with Crippen molar-refractivity contribution in [1.82, 2.24) is 9.88 Å². The molecule has 1 aromatic heterocycles. The van der Waals surface area contributed by atoms with Gasteiger partial charge in [-0.05, 0) is 30.4 Å². The summed E-state index contributed by atoms with van der Waals surface area (Å²) >= 11 is 0. The van der Waals surface area contributed by atoms with Crippen LogP contribution in [0.1, 0.15) is 31.2 Å². The molecular weight excluding hydrogens is 256 g/mol. The van der Waals surface area contributed by atoms with Crippen molar-refractivity contribution in [2.45, 2.75) is 32.2 Å². The second-order valence-electron chi connectivity index (χ2n) is 5.17. The van der Waals surface area contributed by atoms with Gasteiger partial charge in [-0.3, -0.25) is 9.78 Å². The molecule has 1 heterocycles. The number of carbonyl (C=O) groups is 1. The van der Waals surface area contributed by atoms with Gasteiger partial charge in [0.1, 0.15) is 5.84 Å². The first-order chi connectivity index (χ1) is 9.69. The van der Waals surface area contributed by atoms with Crippen molar-refractivity contribution in [3.8, 4) is 0 Å². The lowest BCUT2D eigenvalue weighted by Gasteiger charge is -2.22. The van der Waals surface area contributed by atoms with Crippen LogP contribution in [0.4, 0.5) is 0 Å². The lowest BCUT2D eigenvalue weighted by atomic mass is 10.2. The minimum absolute atomic E-state index is 0.127. The molecule has 0 atom stereocenters. The van der Waals surface area contributed by atoms with Gasteiger partial charge in [0.25, 0.3) is 0 Å². The summed E-state index contributed by atoms with van der Waals surface area (Å²) in [6, 6.07) is 3.79. The number of aromatic nitrogens is 1. The Morgan fingerprint density at radius 1 is 1.55 bits per heavy atom. The fraction of sp³-hybridized carbons (Fsp3) is 0.500. The smallest absolute Gasteiger partial charge is 0.223 e. The summed E-state index contributed by atoms with van der Waals surface area (Å²) in [5.41, 5.74) is 6.46. The van der Waals surface area contributed by atoms with Gasteiger partial charge in [0.2, 0.25) is 5.91 Å². The van der Waals surface area contributed by atoms with Crippen molar-refractivity contribution in [3.63, 3.8) is 0 Å². The van der Waals surface area contributed by atoms with Crippen molar-refractivity contribution in [2.75, 3.05) is 6.54 Å². The first kappa shape index (κ1) is 14.3. The predicted octanol–water partition coefficient (Wildman–Crippen LogP) is 1.35. The second-order valence-corrected chi connectivity index (χ2v) is 5.17. The molecule has 6 nitrogen and oxygen atoms in total. The molecule has 0 spiro atoms. The van der Waals surface area contributed by atoms with Crippen LogP contribution >= 0.6 is 0 Å². The number of carbonyl (C=O) groups excluding carboxylic acids is 1. The number of pyridine rings is 1. The van der Waals surface area contributed by atoms with Crippen LogP contribution in [0, 0.1) is 5.92 Å². The number of nitrogens with two attached hydrogens (primary N) is 1. The average Bonchev–Trinajstić information content (AvgIpc) is 3.27. The molecule has 0 radical (unpaired) electrons. The molecule has 1 aliphatic rings. The molecule has 1 amide bonds. The van der Waals surface area contributed by atoms with Gasteiger partial charge < -0.3 is 15.8 Å². The molecule has 1 aliphatic carbocycles. The molecule has 0 saturated heterocycles. The fourth-order valence-electron chi connectivity index (χ4n) is 2.00. The highest BCUT2D eigenvalue weighted by Gasteiger charge is 2.27. The van der Waals surface area contributed by atoms with Gasteiger partial charge in [-0.25, -0.2) is 0 Å². The van der Waals surface area contributed by atoms with E-state index in [2.05, 4.69) is 10.1 Å². The van der Waals surface area contributed by atoms with Crippen LogP contribution in [-0.4, -0.2) is 33.4 Å². The lowest BCUT2D eigenvalue weighted by molar-refractivity contribution is -0.132. The first-order valence-electron chi connectivity index (χ1n) is 6.82. The standard InChI is InChI=1S/C14H20N4O2/c15-13(17-20)5-7-18(14(19)8-11-3-4-11)10-12-2-1-6-16-9-12/h1-2,6,9,11,20H,3-5,7-8,10H2,(H2,15,17). The Balaban J connectivity index is 1.96. The quantitative estimate of drug-likeness (QED) is 0.340. The topological polar surface area (TPSA) is 91.8 Å². The van der Waals surface area contributed by atoms with Gasteiger partial charge in [0.15, 0.2) is 0 Å². The molecule has 0 aromatic carbocycles. The fourth-order valence-corrected chi connectivity index (χ4v) is 2.00. The van der Waals surface area contributed by atoms with E-state index in [0.29, 0.717) is 31.8 Å². The molecule has 2 rings (SSSR count). The molecule has 1 aromatic rings. The zero-order valence-corrected chi connectivity index (χ0v) is 11.4. The third-order valence-corrected chi connectivity index (χ3v) is 3.38. The number of hydrogen-bond donors (Lipinski definition) is 2. The van der Waals surface area contributed by atoms with Gasteiger partial charge in [0.05, 0.1) is 0 Å². The van der Waals surface area contributed by atoms with Crippen LogP contribution in [0.2, 0.25) is 0 Å². The van der Waals surface area contributed by atoms with Gasteiger partial charge in [-0.2, -0.15) is 0 Å². The Morgan fingerprint density at radius 3 is 2.95 bits per heavy atom. The van der Waals surface area contributed by atoms with Crippen molar-refractivity contribution < 1.29 is 10.0 Å². The SMILES string of the molecule is NC(CCN(Cc1cccnc1)C(=O)CC1CC1)=NO. The van der Waals surface area contributed by atoms with Gasteiger partial charge >= 0.3 is 0 Å². The molecule has 6 heteroatoms. The molecule has 1 fully saturated rings. The highest BCUT2D eigenvalue weighted by atomic mass is 16.4. The van der Waals surface area contributed by atoms with E-state index >= 15 is 0 Å². The summed E-state index contributed by atoms with van der Waals surface area (Å²) in [7, 11) is 0. The van der Waals surface area contributed by atoms with Gasteiger partial charge in [-0.15, -0.1) is 0 Å². The van der Waals surface area contributed by atoms with E-state index in [0.717, 1.165) is 18.4 Å². The van der Waals surface area contributed by atoms with Crippen molar-refractivity contribution >= 4 is 11.7 Å². The van der Waals surface area contributed by atoms with Crippen molar-refractivity contribution in [1.29, 1.82) is 0 Å². The summed E-state index contributed by atoms with van der Waals surface area (Å²) < 4.78 is 0. The van der Waals surface area contributed by atoms with Gasteiger partial charge in [0, 0.05) is 38.3 Å². The molecule has 20 heavy (non-hydrogen) atoms. The lowest BCUT2D eigenvalue weighted by Crippen LogP contribution is -2.33. The largest absolute Gasteiger partial charge is 0.409 e. The third kappa shape index (κ3) is 4.53. The summed E-state index contributed by atoms with van der Waals surface area (Å²) in [6.45, 7) is 0.967. The van der Waals surface area contributed by atoms with Crippen LogP contribution in [0.15, 0.2) is 29.7 Å². The van der Waals surface area contributed by atoms with E-state index in [1.54, 1.807) is 17.3 Å². The second kappa shape index (κ2) is 6.88. The van der Waals surface area contributed by atoms with Crippen LogP contribution in [0.5, 0.6) is 0 Å². The zero-order chi connectivity index (χ0) is 14.4. The molecule has 1 saturated carbocycles. The van der Waals surface area contributed by atoms with E-state index in [4.69, 9.17) is 10.9 Å². The molecule has 108 valence electrons. The molecule has 0 aliphatic heterocycles. The Bertz CT molecular complexity index is 471. The maximum absolute atomic E-state index is 12.3. The van der Waals surface area contributed by atoms with Crippen LogP contribution in [0.25, 0.3) is 0 Å². The Labute approximate surface area is 118 Å². The molecule has 0 bridgehead atoms. The predicted molar refractivity (Wildman–Crippen MR) is 75.0 cm³/mol. The number of amides is 1. The minimum Gasteiger partial charge on any atom is -0.409 e. The van der Waals surface area contributed by atoms with E-state index in [1.807, 2.05) is 12.1 Å².